The first-order valence-corrected chi connectivity index (χ1v) is 8.28. The molecule has 2 heterocycles. The summed E-state index contributed by atoms with van der Waals surface area (Å²) in [5.41, 5.74) is -0.378. The van der Waals surface area contributed by atoms with Gasteiger partial charge in [0.05, 0.1) is 36.0 Å². The van der Waals surface area contributed by atoms with Crippen molar-refractivity contribution in [2.45, 2.75) is 43.4 Å². The Balaban J connectivity index is 2.27. The van der Waals surface area contributed by atoms with Gasteiger partial charge in [0.25, 0.3) is 0 Å². The first kappa shape index (κ1) is 18.0. The van der Waals surface area contributed by atoms with Crippen LogP contribution in [0.5, 0.6) is 0 Å². The molecule has 1 saturated heterocycles. The summed E-state index contributed by atoms with van der Waals surface area (Å²) in [5.74, 6) is -4.86. The molecule has 0 aromatic rings. The summed E-state index contributed by atoms with van der Waals surface area (Å²) < 4.78 is 41.5. The van der Waals surface area contributed by atoms with E-state index in [-0.39, 0.29) is 5.57 Å². The van der Waals surface area contributed by atoms with Crippen LogP contribution in [-0.4, -0.2) is 88.1 Å². The van der Waals surface area contributed by atoms with Crippen LogP contribution in [0.15, 0.2) is 24.5 Å². The Labute approximate surface area is 164 Å². The number of hydrogen-bond donors (Lipinski definition) is 5. The molecule has 28 heavy (non-hydrogen) atoms. The minimum absolute atomic E-state index is 0.378. The number of rotatable bonds is 7. The van der Waals surface area contributed by atoms with Gasteiger partial charge in [0.2, 0.25) is 6.29 Å². The first-order valence-electron chi connectivity index (χ1n) is 9.78. The molecule has 11 heteroatoms. The van der Waals surface area contributed by atoms with Crippen molar-refractivity contribution in [3.8, 4) is 0 Å². The molecule has 0 saturated carbocycles. The quantitative estimate of drug-likeness (QED) is 0.236. The van der Waals surface area contributed by atoms with Crippen molar-refractivity contribution < 1.29 is 58.2 Å². The number of aliphatic carboxylic acids is 1. The van der Waals surface area contributed by atoms with E-state index in [0.717, 1.165) is 6.26 Å². The Morgan fingerprint density at radius 2 is 2.00 bits per heavy atom. The highest BCUT2D eigenvalue weighted by Gasteiger charge is 2.47. The lowest BCUT2D eigenvalue weighted by Gasteiger charge is -2.42. The van der Waals surface area contributed by atoms with Crippen LogP contribution in [0.2, 0.25) is 0 Å². The van der Waals surface area contributed by atoms with Crippen molar-refractivity contribution in [3.63, 3.8) is 0 Å². The van der Waals surface area contributed by atoms with E-state index in [0.29, 0.717) is 0 Å². The van der Waals surface area contributed by atoms with Crippen LogP contribution >= 0.6 is 0 Å². The lowest BCUT2D eigenvalue weighted by Crippen LogP contribution is -2.60. The number of carboxylic acids is 1. The monoisotopic (exact) mass is 407 g/mol. The second-order valence-electron chi connectivity index (χ2n) is 6.32. The normalized spacial score (nSPS) is 40.1. The van der Waals surface area contributed by atoms with E-state index >= 15 is 0 Å². The third-order valence-electron chi connectivity index (χ3n) is 4.62. The van der Waals surface area contributed by atoms with Crippen molar-refractivity contribution in [1.82, 2.24) is 0 Å². The Morgan fingerprint density at radius 1 is 1.29 bits per heavy atom. The average Bonchev–Trinajstić information content (AvgIpc) is 2.66. The SMILES string of the molecule is [2H]C([2H])([2H])OC(=O)C1=CO[C@@H](OC2O[C@H](CO)[C@@H](O)[C@H](O)[C@H]2O)[C@H](C=C)[C@@H]1CC(=O)O. The average molecular weight is 407 g/mol. The molecule has 2 aliphatic heterocycles. The van der Waals surface area contributed by atoms with Gasteiger partial charge in [0, 0.05) is 11.8 Å². The number of aliphatic hydroxyl groups is 4. The van der Waals surface area contributed by atoms with Crippen molar-refractivity contribution in [2.24, 2.45) is 11.8 Å². The molecule has 0 aromatic carbocycles. The number of ether oxygens (including phenoxy) is 4. The maximum atomic E-state index is 12.2. The number of methoxy groups -OCH3 is 1. The Morgan fingerprint density at radius 3 is 2.57 bits per heavy atom. The van der Waals surface area contributed by atoms with E-state index in [2.05, 4.69) is 11.3 Å². The molecule has 2 rings (SSSR count). The number of aliphatic hydroxyl groups excluding tert-OH is 4. The second-order valence-corrected chi connectivity index (χ2v) is 6.32. The maximum Gasteiger partial charge on any atom is 0.337 e. The van der Waals surface area contributed by atoms with Crippen molar-refractivity contribution in [3.05, 3.63) is 24.5 Å². The Hall–Kier alpha value is -2.02. The predicted molar refractivity (Wildman–Crippen MR) is 89.3 cm³/mol. The standard InChI is InChI=1S/C17H24O11/c1-3-7-8(4-11(19)20)9(15(24)25-2)6-26-16(7)28-17-14(23)13(22)12(21)10(5-18)27-17/h3,6-8,10,12-14,16-18,21-23H,1,4-5H2,2H3,(H,19,20)/t7-,8+,10-,12-,13+,14-,16+,17?/m1/s1/i2D3. The molecule has 0 radical (unpaired) electrons. The van der Waals surface area contributed by atoms with Gasteiger partial charge in [-0.15, -0.1) is 6.58 Å². The summed E-state index contributed by atoms with van der Waals surface area (Å²) >= 11 is 0. The number of carbonyl (C=O) groups excluding carboxylic acids is 1. The molecule has 2 aliphatic rings. The molecule has 0 aliphatic carbocycles. The highest BCUT2D eigenvalue weighted by molar-refractivity contribution is 5.89. The molecule has 11 nitrogen and oxygen atoms in total. The highest BCUT2D eigenvalue weighted by atomic mass is 16.8. The molecule has 1 unspecified atom stereocenters. The molecular formula is C17H24O11. The summed E-state index contributed by atoms with van der Waals surface area (Å²) in [7, 11) is -3.07. The van der Waals surface area contributed by atoms with Crippen LogP contribution in [0.25, 0.3) is 0 Å². The number of esters is 1. The molecule has 0 spiro atoms. The Kier molecular flexibility index (Phi) is 6.09. The molecular weight excluding hydrogens is 380 g/mol. The van der Waals surface area contributed by atoms with Crippen molar-refractivity contribution >= 4 is 11.9 Å². The zero-order valence-corrected chi connectivity index (χ0v) is 14.6. The minimum atomic E-state index is -3.07. The summed E-state index contributed by atoms with van der Waals surface area (Å²) in [4.78, 5) is 23.6. The fourth-order valence-electron chi connectivity index (χ4n) is 3.12. The predicted octanol–water partition coefficient (Wildman–Crippen LogP) is -1.89. The second kappa shape index (κ2) is 9.45. The minimum Gasteiger partial charge on any atom is -0.481 e. The van der Waals surface area contributed by atoms with Crippen LogP contribution in [0.3, 0.4) is 0 Å². The molecule has 158 valence electrons. The molecule has 0 aromatic heterocycles. The number of hydrogen-bond acceptors (Lipinski definition) is 10. The van der Waals surface area contributed by atoms with E-state index in [4.69, 9.17) is 18.3 Å². The van der Waals surface area contributed by atoms with Crippen molar-refractivity contribution in [1.29, 1.82) is 0 Å². The van der Waals surface area contributed by atoms with Crippen LogP contribution in [0.4, 0.5) is 0 Å². The van der Waals surface area contributed by atoms with Gasteiger partial charge in [-0.3, -0.25) is 4.79 Å². The van der Waals surface area contributed by atoms with E-state index in [1.807, 2.05) is 0 Å². The van der Waals surface area contributed by atoms with Crippen LogP contribution in [-0.2, 0) is 28.5 Å². The number of carboxylic acid groups (broad SMARTS) is 1. The third-order valence-corrected chi connectivity index (χ3v) is 4.62. The first-order chi connectivity index (χ1) is 14.4. The van der Waals surface area contributed by atoms with Crippen LogP contribution in [0.1, 0.15) is 10.5 Å². The largest absolute Gasteiger partial charge is 0.481 e. The molecule has 8 atom stereocenters. The smallest absolute Gasteiger partial charge is 0.337 e. The fourth-order valence-corrected chi connectivity index (χ4v) is 3.12. The van der Waals surface area contributed by atoms with Gasteiger partial charge in [0.1, 0.15) is 24.4 Å². The zero-order chi connectivity index (χ0) is 23.5. The summed E-state index contributed by atoms with van der Waals surface area (Å²) in [6, 6.07) is 0. The molecule has 0 amide bonds. The van der Waals surface area contributed by atoms with E-state index in [1.54, 1.807) is 0 Å². The zero-order valence-electron chi connectivity index (χ0n) is 17.6. The summed E-state index contributed by atoms with van der Waals surface area (Å²) in [6.07, 6.45) is -7.99. The van der Waals surface area contributed by atoms with Gasteiger partial charge in [-0.1, -0.05) is 6.08 Å². The van der Waals surface area contributed by atoms with Gasteiger partial charge in [-0.2, -0.15) is 0 Å². The van der Waals surface area contributed by atoms with Gasteiger partial charge in [0.15, 0.2) is 6.29 Å². The highest BCUT2D eigenvalue weighted by Crippen LogP contribution is 2.36. The van der Waals surface area contributed by atoms with E-state index < -0.39 is 80.8 Å². The topological polar surface area (TPSA) is 172 Å². The van der Waals surface area contributed by atoms with E-state index in [1.165, 1.54) is 6.08 Å². The molecule has 0 bridgehead atoms. The fraction of sp³-hybridized carbons (Fsp3) is 0.647. The third kappa shape index (κ3) is 4.51. The van der Waals surface area contributed by atoms with Gasteiger partial charge in [-0.05, 0) is 0 Å². The maximum absolute atomic E-state index is 12.2. The summed E-state index contributed by atoms with van der Waals surface area (Å²) in [5, 5.41) is 48.3. The molecule has 5 N–H and O–H groups in total. The van der Waals surface area contributed by atoms with E-state index in [9.17, 15) is 35.1 Å². The van der Waals surface area contributed by atoms with Crippen LogP contribution < -0.4 is 0 Å². The lowest BCUT2D eigenvalue weighted by molar-refractivity contribution is -0.339. The lowest BCUT2D eigenvalue weighted by atomic mass is 9.81. The van der Waals surface area contributed by atoms with Gasteiger partial charge < -0.3 is 44.5 Å². The van der Waals surface area contributed by atoms with Crippen LogP contribution in [0, 0.1) is 11.8 Å². The van der Waals surface area contributed by atoms with Gasteiger partial charge in [-0.25, -0.2) is 4.79 Å². The number of carbonyl (C=O) groups is 2. The molecule has 1 fully saturated rings. The van der Waals surface area contributed by atoms with Gasteiger partial charge >= 0.3 is 11.9 Å². The Bertz CT molecular complexity index is 708. The summed E-state index contributed by atoms with van der Waals surface area (Å²) in [6.45, 7) is 2.85. The van der Waals surface area contributed by atoms with Crippen molar-refractivity contribution in [2.75, 3.05) is 13.6 Å².